The number of hydrogen-bond donors (Lipinski definition) is 5. The molecule has 4 rings (SSSR count). The van der Waals surface area contributed by atoms with Crippen molar-refractivity contribution >= 4 is 29.2 Å². The number of hydrogen-bond acceptors (Lipinski definition) is 11. The lowest BCUT2D eigenvalue weighted by atomic mass is 10.0. The van der Waals surface area contributed by atoms with Gasteiger partial charge in [-0.1, -0.05) is 6.07 Å². The molecule has 11 nitrogen and oxygen atoms in total. The number of aromatic nitrogens is 3. The molecule has 11 heteroatoms. The van der Waals surface area contributed by atoms with Crippen LogP contribution in [-0.4, -0.2) is 79.4 Å². The van der Waals surface area contributed by atoms with E-state index in [9.17, 15) is 0 Å². The zero-order chi connectivity index (χ0) is 22.8. The standard InChI is InChI=1S/C21H35N11/c1-30(2)18-5-3-4-17(8-18)26-19-27-20(31-9-13(22)6-14(23)10-31)29-21(28-19)32-11-15(24)7-16(25)12-32/h3-5,8,13-16H,6-7,9-12,22-25H2,1-2H3,(H,26,27,28,29)/t13-,14+,15-,16+. The van der Waals surface area contributed by atoms with E-state index in [0.29, 0.717) is 44.0 Å². The molecule has 2 aliphatic heterocycles. The summed E-state index contributed by atoms with van der Waals surface area (Å²) in [5.41, 5.74) is 26.8. The lowest BCUT2D eigenvalue weighted by Crippen LogP contribution is -2.54. The molecule has 2 aliphatic rings. The molecule has 0 unspecified atom stereocenters. The summed E-state index contributed by atoms with van der Waals surface area (Å²) in [4.78, 5) is 20.3. The first-order valence-electron chi connectivity index (χ1n) is 11.1. The van der Waals surface area contributed by atoms with Gasteiger partial charge < -0.3 is 43.0 Å². The Morgan fingerprint density at radius 2 is 1.31 bits per heavy atom. The monoisotopic (exact) mass is 441 g/mol. The van der Waals surface area contributed by atoms with Gasteiger partial charge in [-0.2, -0.15) is 15.0 Å². The van der Waals surface area contributed by atoms with Gasteiger partial charge in [0.05, 0.1) is 0 Å². The van der Waals surface area contributed by atoms with Crippen LogP contribution >= 0.6 is 0 Å². The third-order valence-electron chi connectivity index (χ3n) is 5.83. The first-order valence-corrected chi connectivity index (χ1v) is 11.1. The largest absolute Gasteiger partial charge is 0.378 e. The lowest BCUT2D eigenvalue weighted by molar-refractivity contribution is 0.441. The minimum absolute atomic E-state index is 0.0241. The van der Waals surface area contributed by atoms with Crippen molar-refractivity contribution in [3.05, 3.63) is 24.3 Å². The van der Waals surface area contributed by atoms with Crippen molar-refractivity contribution in [2.75, 3.05) is 60.3 Å². The van der Waals surface area contributed by atoms with E-state index in [1.165, 1.54) is 0 Å². The van der Waals surface area contributed by atoms with Gasteiger partial charge in [-0.05, 0) is 31.0 Å². The van der Waals surface area contributed by atoms with Gasteiger partial charge >= 0.3 is 0 Å². The van der Waals surface area contributed by atoms with Crippen molar-refractivity contribution in [3.63, 3.8) is 0 Å². The predicted octanol–water partition coefficient (Wildman–Crippen LogP) is -0.589. The van der Waals surface area contributed by atoms with Gasteiger partial charge in [0.15, 0.2) is 0 Å². The maximum Gasteiger partial charge on any atom is 0.233 e. The number of nitrogens with zero attached hydrogens (tertiary/aromatic N) is 6. The summed E-state index contributed by atoms with van der Waals surface area (Å²) in [6.07, 6.45) is 1.57. The van der Waals surface area contributed by atoms with Crippen LogP contribution in [-0.2, 0) is 0 Å². The van der Waals surface area contributed by atoms with Gasteiger partial charge in [-0.3, -0.25) is 0 Å². The summed E-state index contributed by atoms with van der Waals surface area (Å²) in [5, 5.41) is 3.34. The molecule has 2 fully saturated rings. The minimum Gasteiger partial charge on any atom is -0.378 e. The molecule has 2 saturated heterocycles. The molecule has 0 saturated carbocycles. The van der Waals surface area contributed by atoms with Gasteiger partial charge in [0.25, 0.3) is 0 Å². The highest BCUT2D eigenvalue weighted by Gasteiger charge is 2.28. The smallest absolute Gasteiger partial charge is 0.233 e. The molecule has 0 radical (unpaired) electrons. The normalized spacial score (nSPS) is 26.2. The Balaban J connectivity index is 1.67. The predicted molar refractivity (Wildman–Crippen MR) is 129 cm³/mol. The first-order chi connectivity index (χ1) is 15.3. The van der Waals surface area contributed by atoms with Gasteiger partial charge in [-0.15, -0.1) is 0 Å². The molecule has 0 aliphatic carbocycles. The van der Waals surface area contributed by atoms with E-state index >= 15 is 0 Å². The fourth-order valence-corrected chi connectivity index (χ4v) is 4.37. The molecule has 4 atom stereocenters. The Morgan fingerprint density at radius 1 is 0.812 bits per heavy atom. The van der Waals surface area contributed by atoms with Crippen molar-refractivity contribution in [1.82, 2.24) is 15.0 Å². The molecular formula is C21H35N11. The number of rotatable bonds is 5. The van der Waals surface area contributed by atoms with Crippen LogP contribution in [0.5, 0.6) is 0 Å². The van der Waals surface area contributed by atoms with E-state index in [2.05, 4.69) is 5.32 Å². The highest BCUT2D eigenvalue weighted by Crippen LogP contribution is 2.25. The first kappa shape index (κ1) is 22.5. The molecule has 0 spiro atoms. The van der Waals surface area contributed by atoms with E-state index in [4.69, 9.17) is 37.9 Å². The van der Waals surface area contributed by atoms with Crippen LogP contribution in [0.3, 0.4) is 0 Å². The average molecular weight is 442 g/mol. The molecular weight excluding hydrogens is 406 g/mol. The summed E-state index contributed by atoms with van der Waals surface area (Å²) in [6.45, 7) is 2.58. The third-order valence-corrected chi connectivity index (χ3v) is 5.83. The van der Waals surface area contributed by atoms with Crippen molar-refractivity contribution < 1.29 is 0 Å². The summed E-state index contributed by atoms with van der Waals surface area (Å²) < 4.78 is 0. The topological polar surface area (TPSA) is 164 Å². The molecule has 1 aromatic carbocycles. The van der Waals surface area contributed by atoms with E-state index in [0.717, 1.165) is 24.2 Å². The number of nitrogens with two attached hydrogens (primary N) is 4. The van der Waals surface area contributed by atoms with Gasteiger partial charge in [0.2, 0.25) is 17.8 Å². The molecule has 0 amide bonds. The zero-order valence-electron chi connectivity index (χ0n) is 18.9. The summed E-state index contributed by atoms with van der Waals surface area (Å²) in [7, 11) is 4.01. The SMILES string of the molecule is CN(C)c1cccc(Nc2nc(N3C[C@H](N)C[C@H](N)C3)nc(N3C[C@H](N)C[C@H](N)C3)n2)c1. The van der Waals surface area contributed by atoms with Crippen molar-refractivity contribution in [1.29, 1.82) is 0 Å². The van der Waals surface area contributed by atoms with Gasteiger partial charge in [0, 0.05) is 75.8 Å². The fourth-order valence-electron chi connectivity index (χ4n) is 4.37. The Labute approximate surface area is 189 Å². The molecule has 174 valence electrons. The number of benzene rings is 1. The second kappa shape index (κ2) is 9.41. The number of anilines is 5. The number of nitrogens with one attached hydrogen (secondary N) is 1. The Kier molecular flexibility index (Phi) is 6.60. The summed E-state index contributed by atoms with van der Waals surface area (Å²) >= 11 is 0. The van der Waals surface area contributed by atoms with Crippen LogP contribution < -0.4 is 43.0 Å². The van der Waals surface area contributed by atoms with Crippen LogP contribution in [0.4, 0.5) is 29.2 Å². The van der Waals surface area contributed by atoms with Crippen molar-refractivity contribution in [2.45, 2.75) is 37.0 Å². The van der Waals surface area contributed by atoms with E-state index in [1.54, 1.807) is 0 Å². The Bertz CT molecular complexity index is 856. The second-order valence-corrected chi connectivity index (χ2v) is 9.15. The second-order valence-electron chi connectivity index (χ2n) is 9.15. The quantitative estimate of drug-likeness (QED) is 0.403. The van der Waals surface area contributed by atoms with Crippen LogP contribution in [0.15, 0.2) is 24.3 Å². The highest BCUT2D eigenvalue weighted by atomic mass is 15.4. The highest BCUT2D eigenvalue weighted by molar-refractivity contribution is 5.63. The lowest BCUT2D eigenvalue weighted by Gasteiger charge is -2.37. The fraction of sp³-hybridized carbons (Fsp3) is 0.571. The van der Waals surface area contributed by atoms with Gasteiger partial charge in [0.1, 0.15) is 0 Å². The summed E-state index contributed by atoms with van der Waals surface area (Å²) in [5.74, 6) is 1.57. The van der Waals surface area contributed by atoms with Crippen LogP contribution in [0, 0.1) is 0 Å². The molecule has 32 heavy (non-hydrogen) atoms. The van der Waals surface area contributed by atoms with Crippen LogP contribution in [0.1, 0.15) is 12.8 Å². The van der Waals surface area contributed by atoms with Gasteiger partial charge in [-0.25, -0.2) is 0 Å². The average Bonchev–Trinajstić information content (AvgIpc) is 2.72. The Morgan fingerprint density at radius 3 is 1.78 bits per heavy atom. The minimum atomic E-state index is -0.0241. The van der Waals surface area contributed by atoms with Crippen molar-refractivity contribution in [3.8, 4) is 0 Å². The maximum absolute atomic E-state index is 6.22. The molecule has 9 N–H and O–H groups in total. The molecule has 1 aromatic heterocycles. The Hall–Kier alpha value is -2.73. The van der Waals surface area contributed by atoms with Crippen LogP contribution in [0.2, 0.25) is 0 Å². The maximum atomic E-state index is 6.22. The van der Waals surface area contributed by atoms with E-state index in [1.807, 2.05) is 53.1 Å². The third kappa shape index (κ3) is 5.36. The zero-order valence-corrected chi connectivity index (χ0v) is 18.9. The molecule has 2 aromatic rings. The van der Waals surface area contributed by atoms with Crippen LogP contribution in [0.25, 0.3) is 0 Å². The number of piperidine rings is 2. The molecule has 3 heterocycles. The van der Waals surface area contributed by atoms with E-state index < -0.39 is 0 Å². The summed E-state index contributed by atoms with van der Waals surface area (Å²) in [6, 6.07) is 7.97. The molecule has 0 bridgehead atoms. The van der Waals surface area contributed by atoms with E-state index in [-0.39, 0.29) is 24.2 Å². The van der Waals surface area contributed by atoms with Crippen molar-refractivity contribution in [2.24, 2.45) is 22.9 Å².